The first-order valence-corrected chi connectivity index (χ1v) is 8.24. The summed E-state index contributed by atoms with van der Waals surface area (Å²) in [5, 5.41) is 0.880. The van der Waals surface area contributed by atoms with E-state index in [-0.39, 0.29) is 24.4 Å². The van der Waals surface area contributed by atoms with Gasteiger partial charge >= 0.3 is 5.97 Å². The molecule has 0 bridgehead atoms. The van der Waals surface area contributed by atoms with E-state index in [2.05, 4.69) is 0 Å². The Morgan fingerprint density at radius 1 is 0.958 bits per heavy atom. The number of rotatable bonds is 4. The number of hydrogen-bond donors (Lipinski definition) is 0. The van der Waals surface area contributed by atoms with Crippen molar-refractivity contribution in [2.75, 3.05) is 6.61 Å². The predicted molar refractivity (Wildman–Crippen MR) is 88.2 cm³/mol. The van der Waals surface area contributed by atoms with Gasteiger partial charge in [0.05, 0.1) is 22.6 Å². The second-order valence-corrected chi connectivity index (χ2v) is 6.72. The third kappa shape index (κ3) is 3.70. The molecule has 0 aromatic heterocycles. The molecule has 3 rings (SSSR count). The molecule has 2 aromatic carbocycles. The molecule has 1 saturated heterocycles. The third-order valence-electron chi connectivity index (χ3n) is 4.23. The quantitative estimate of drug-likeness (QED) is 0.719. The summed E-state index contributed by atoms with van der Waals surface area (Å²) in [4.78, 5) is 12.0. The monoisotopic (exact) mass is 370 g/mol. The van der Waals surface area contributed by atoms with E-state index < -0.39 is 11.6 Å². The van der Waals surface area contributed by atoms with Crippen molar-refractivity contribution in [3.8, 4) is 0 Å². The molecule has 2 atom stereocenters. The molecule has 0 unspecified atom stereocenters. The first kappa shape index (κ1) is 17.2. The second kappa shape index (κ2) is 7.08. The Bertz CT molecular complexity index is 780. The van der Waals surface area contributed by atoms with Crippen LogP contribution < -0.4 is 0 Å². The lowest BCUT2D eigenvalue weighted by Crippen LogP contribution is -2.20. The number of benzene rings is 2. The van der Waals surface area contributed by atoms with E-state index in [1.54, 1.807) is 12.1 Å². The number of carbonyl (C=O) groups excluding carboxylic acids is 1. The highest BCUT2D eigenvalue weighted by atomic mass is 35.5. The Hall–Kier alpha value is -1.65. The van der Waals surface area contributed by atoms with Crippen LogP contribution in [0.2, 0.25) is 10.0 Å². The van der Waals surface area contributed by atoms with Gasteiger partial charge in [0.2, 0.25) is 0 Å². The van der Waals surface area contributed by atoms with Gasteiger partial charge in [0.15, 0.2) is 11.6 Å². The summed E-state index contributed by atoms with van der Waals surface area (Å²) in [5.74, 6) is -2.51. The Kier molecular flexibility index (Phi) is 5.07. The van der Waals surface area contributed by atoms with Gasteiger partial charge in [-0.15, -0.1) is 0 Å². The lowest BCUT2D eigenvalue weighted by Gasteiger charge is -2.16. The summed E-state index contributed by atoms with van der Waals surface area (Å²) in [6, 6.07) is 9.00. The molecule has 6 heteroatoms. The molecule has 1 heterocycles. The summed E-state index contributed by atoms with van der Waals surface area (Å²) in [7, 11) is 0. The summed E-state index contributed by atoms with van der Waals surface area (Å²) >= 11 is 11.9. The maximum Gasteiger partial charge on any atom is 0.309 e. The highest BCUT2D eigenvalue weighted by Gasteiger charge is 2.36. The molecule has 1 aliphatic rings. The summed E-state index contributed by atoms with van der Waals surface area (Å²) in [6.07, 6.45) is 0.902. The van der Waals surface area contributed by atoms with Crippen LogP contribution in [0.3, 0.4) is 0 Å². The summed E-state index contributed by atoms with van der Waals surface area (Å²) in [5.41, 5.74) is 1.51. The zero-order valence-electron chi connectivity index (χ0n) is 12.6. The smallest absolute Gasteiger partial charge is 0.309 e. The van der Waals surface area contributed by atoms with Gasteiger partial charge in [0, 0.05) is 5.92 Å². The molecule has 24 heavy (non-hydrogen) atoms. The van der Waals surface area contributed by atoms with Crippen molar-refractivity contribution in [1.29, 1.82) is 0 Å². The number of ether oxygens (including phenoxy) is 1. The maximum atomic E-state index is 13.4. The highest BCUT2D eigenvalue weighted by Crippen LogP contribution is 2.31. The van der Waals surface area contributed by atoms with E-state index in [4.69, 9.17) is 27.9 Å². The van der Waals surface area contributed by atoms with E-state index in [9.17, 15) is 13.6 Å². The second-order valence-electron chi connectivity index (χ2n) is 5.90. The predicted octanol–water partition coefficient (Wildman–Crippen LogP) is 4.85. The van der Waals surface area contributed by atoms with Crippen molar-refractivity contribution in [1.82, 2.24) is 0 Å². The molecule has 1 fully saturated rings. The molecule has 0 amide bonds. The number of hydrogen-bond acceptors (Lipinski definition) is 2. The summed E-state index contributed by atoms with van der Waals surface area (Å²) < 4.78 is 31.6. The topological polar surface area (TPSA) is 26.3 Å². The molecule has 0 radical (unpaired) electrons. The standard InChI is InChI=1S/C18H14Cl2F2O2/c19-14-3-1-11(7-15(14)20)6-13-12(9-24-18(13)23)5-10-2-4-16(21)17(22)8-10/h1-4,7-8,12-13H,5-6,9H2/t12-,13+/m0/s1. The van der Waals surface area contributed by atoms with Crippen LogP contribution in [0, 0.1) is 23.5 Å². The fourth-order valence-electron chi connectivity index (χ4n) is 2.95. The molecule has 2 nitrogen and oxygen atoms in total. The van der Waals surface area contributed by atoms with Crippen LogP contribution in [0.15, 0.2) is 36.4 Å². The first-order valence-electron chi connectivity index (χ1n) is 7.48. The number of carbonyl (C=O) groups is 1. The molecular weight excluding hydrogens is 357 g/mol. The van der Waals surface area contributed by atoms with Gasteiger partial charge in [-0.1, -0.05) is 35.3 Å². The van der Waals surface area contributed by atoms with Crippen LogP contribution in [0.4, 0.5) is 8.78 Å². The van der Waals surface area contributed by atoms with E-state index >= 15 is 0 Å². The van der Waals surface area contributed by atoms with Crippen molar-refractivity contribution in [2.24, 2.45) is 11.8 Å². The van der Waals surface area contributed by atoms with Crippen LogP contribution in [-0.4, -0.2) is 12.6 Å². The lowest BCUT2D eigenvalue weighted by atomic mass is 9.85. The number of halogens is 4. The highest BCUT2D eigenvalue weighted by molar-refractivity contribution is 6.42. The van der Waals surface area contributed by atoms with E-state index in [1.807, 2.05) is 6.07 Å². The average Bonchev–Trinajstić information content (AvgIpc) is 2.87. The van der Waals surface area contributed by atoms with E-state index in [0.717, 1.165) is 17.7 Å². The minimum Gasteiger partial charge on any atom is -0.465 e. The van der Waals surface area contributed by atoms with Gasteiger partial charge in [-0.05, 0) is 48.2 Å². The Morgan fingerprint density at radius 3 is 2.38 bits per heavy atom. The van der Waals surface area contributed by atoms with Gasteiger partial charge in [-0.3, -0.25) is 4.79 Å². The normalized spacial score (nSPS) is 20.2. The van der Waals surface area contributed by atoms with Gasteiger partial charge in [-0.2, -0.15) is 0 Å². The van der Waals surface area contributed by atoms with Crippen molar-refractivity contribution >= 4 is 29.2 Å². The minimum absolute atomic E-state index is 0.100. The zero-order chi connectivity index (χ0) is 17.3. The van der Waals surface area contributed by atoms with Crippen LogP contribution in [0.25, 0.3) is 0 Å². The molecular formula is C18H14Cl2F2O2. The van der Waals surface area contributed by atoms with Gasteiger partial charge in [0.25, 0.3) is 0 Å². The first-order chi connectivity index (χ1) is 11.4. The average molecular weight is 371 g/mol. The fourth-order valence-corrected chi connectivity index (χ4v) is 3.27. The molecule has 0 saturated carbocycles. The number of esters is 1. The molecule has 1 aliphatic heterocycles. The zero-order valence-corrected chi connectivity index (χ0v) is 14.1. The van der Waals surface area contributed by atoms with Gasteiger partial charge < -0.3 is 4.74 Å². The lowest BCUT2D eigenvalue weighted by molar-refractivity contribution is -0.141. The van der Waals surface area contributed by atoms with Crippen LogP contribution in [0.1, 0.15) is 11.1 Å². The van der Waals surface area contributed by atoms with Crippen molar-refractivity contribution in [3.63, 3.8) is 0 Å². The molecule has 126 valence electrons. The van der Waals surface area contributed by atoms with E-state index in [0.29, 0.717) is 28.5 Å². The minimum atomic E-state index is -0.890. The molecule has 2 aromatic rings. The van der Waals surface area contributed by atoms with Crippen molar-refractivity contribution in [3.05, 3.63) is 69.2 Å². The fraction of sp³-hybridized carbons (Fsp3) is 0.278. The molecule has 0 aliphatic carbocycles. The Balaban J connectivity index is 1.76. The van der Waals surface area contributed by atoms with Crippen LogP contribution in [0.5, 0.6) is 0 Å². The van der Waals surface area contributed by atoms with Crippen molar-refractivity contribution in [2.45, 2.75) is 12.8 Å². The summed E-state index contributed by atoms with van der Waals surface area (Å²) in [6.45, 7) is 0.268. The largest absolute Gasteiger partial charge is 0.465 e. The molecule has 0 spiro atoms. The van der Waals surface area contributed by atoms with Crippen LogP contribution in [-0.2, 0) is 22.4 Å². The van der Waals surface area contributed by atoms with Crippen molar-refractivity contribution < 1.29 is 18.3 Å². The third-order valence-corrected chi connectivity index (χ3v) is 4.97. The Labute approximate surface area is 148 Å². The Morgan fingerprint density at radius 2 is 1.67 bits per heavy atom. The molecule has 0 N–H and O–H groups in total. The van der Waals surface area contributed by atoms with Gasteiger partial charge in [-0.25, -0.2) is 8.78 Å². The SMILES string of the molecule is O=C1OC[C@H](Cc2ccc(F)c(F)c2)[C@H]1Cc1ccc(Cl)c(Cl)c1. The number of cyclic esters (lactones) is 1. The van der Waals surface area contributed by atoms with E-state index in [1.165, 1.54) is 6.07 Å². The van der Waals surface area contributed by atoms with Gasteiger partial charge in [0.1, 0.15) is 0 Å². The maximum absolute atomic E-state index is 13.4. The van der Waals surface area contributed by atoms with Crippen LogP contribution >= 0.6 is 23.2 Å².